The molecule has 1 aromatic heterocycles. The molecule has 0 saturated heterocycles. The van der Waals surface area contributed by atoms with Crippen LogP contribution in [0.3, 0.4) is 0 Å². The van der Waals surface area contributed by atoms with Crippen molar-refractivity contribution in [3.05, 3.63) is 69.7 Å². The van der Waals surface area contributed by atoms with Gasteiger partial charge in [0.2, 0.25) is 0 Å². The summed E-state index contributed by atoms with van der Waals surface area (Å²) >= 11 is 7.71. The Morgan fingerprint density at radius 3 is 2.85 bits per heavy atom. The van der Waals surface area contributed by atoms with Crippen LogP contribution in [-0.4, -0.2) is 22.5 Å². The molecule has 2 heterocycles. The normalized spacial score (nSPS) is 13.4. The van der Waals surface area contributed by atoms with Gasteiger partial charge in [-0.15, -0.1) is 11.3 Å². The molecule has 0 radical (unpaired) electrons. The lowest BCUT2D eigenvalue weighted by Gasteiger charge is -2.26. The highest BCUT2D eigenvalue weighted by atomic mass is 35.5. The smallest absolute Gasteiger partial charge is 0.319 e. The zero-order valence-electron chi connectivity index (χ0n) is 14.3. The van der Waals surface area contributed by atoms with Crippen LogP contribution in [-0.2, 0) is 13.0 Å². The van der Waals surface area contributed by atoms with E-state index in [-0.39, 0.29) is 6.03 Å². The molecule has 1 N–H and O–H groups in total. The van der Waals surface area contributed by atoms with Gasteiger partial charge in [0, 0.05) is 34.1 Å². The van der Waals surface area contributed by atoms with Crippen LogP contribution in [0.15, 0.2) is 48.5 Å². The molecule has 4 nitrogen and oxygen atoms in total. The summed E-state index contributed by atoms with van der Waals surface area (Å²) in [4.78, 5) is 20.4. The number of aromatic nitrogens is 1. The fraction of sp³-hybridized carbons (Fsp3) is 0.200. The number of amides is 2. The van der Waals surface area contributed by atoms with Crippen molar-refractivity contribution in [3.63, 3.8) is 0 Å². The molecule has 2 amide bonds. The Labute approximate surface area is 161 Å². The maximum atomic E-state index is 12.7. The highest BCUT2D eigenvalue weighted by Crippen LogP contribution is 2.32. The minimum absolute atomic E-state index is 0.101. The lowest BCUT2D eigenvalue weighted by atomic mass is 10.1. The van der Waals surface area contributed by atoms with Crippen molar-refractivity contribution in [3.8, 4) is 10.6 Å². The van der Waals surface area contributed by atoms with Gasteiger partial charge in [0.25, 0.3) is 0 Å². The minimum atomic E-state index is -0.101. The zero-order valence-corrected chi connectivity index (χ0v) is 15.9. The van der Waals surface area contributed by atoms with Crippen LogP contribution < -0.4 is 5.32 Å². The Morgan fingerprint density at radius 2 is 2.04 bits per heavy atom. The van der Waals surface area contributed by atoms with Crippen LogP contribution >= 0.6 is 22.9 Å². The topological polar surface area (TPSA) is 45.2 Å². The standard InChI is InChI=1S/C20H18ClN3OS/c1-13-7-8-15(21)11-17(13)23-20(25)24-10-9-16-18(12-24)26-19(22-16)14-5-3-2-4-6-14/h2-8,11H,9-10,12H2,1H3,(H,23,25). The molecule has 26 heavy (non-hydrogen) atoms. The monoisotopic (exact) mass is 383 g/mol. The summed E-state index contributed by atoms with van der Waals surface area (Å²) in [7, 11) is 0. The number of thiazole rings is 1. The average molecular weight is 384 g/mol. The van der Waals surface area contributed by atoms with Crippen LogP contribution in [0.2, 0.25) is 5.02 Å². The number of aryl methyl sites for hydroxylation is 1. The van der Waals surface area contributed by atoms with Gasteiger partial charge in [-0.2, -0.15) is 0 Å². The molecular formula is C20H18ClN3OS. The fourth-order valence-electron chi connectivity index (χ4n) is 3.00. The first-order valence-corrected chi connectivity index (χ1v) is 9.65. The molecule has 0 bridgehead atoms. The second kappa shape index (κ2) is 7.09. The molecular weight excluding hydrogens is 366 g/mol. The second-order valence-electron chi connectivity index (χ2n) is 6.32. The zero-order chi connectivity index (χ0) is 18.1. The molecule has 3 aromatic rings. The molecule has 0 spiro atoms. The number of halogens is 1. The Hall–Kier alpha value is -2.37. The van der Waals surface area contributed by atoms with E-state index in [1.807, 2.05) is 42.2 Å². The maximum absolute atomic E-state index is 12.7. The third-order valence-corrected chi connectivity index (χ3v) is 5.85. The van der Waals surface area contributed by atoms with Gasteiger partial charge in [-0.3, -0.25) is 0 Å². The van der Waals surface area contributed by atoms with E-state index in [0.29, 0.717) is 18.1 Å². The highest BCUT2D eigenvalue weighted by molar-refractivity contribution is 7.15. The van der Waals surface area contributed by atoms with Crippen molar-refractivity contribution in [2.24, 2.45) is 0 Å². The maximum Gasteiger partial charge on any atom is 0.322 e. The molecule has 1 aliphatic rings. The van der Waals surface area contributed by atoms with E-state index in [0.717, 1.165) is 38.8 Å². The summed E-state index contributed by atoms with van der Waals surface area (Å²) in [5.74, 6) is 0. The number of rotatable bonds is 2. The molecule has 4 rings (SSSR count). The summed E-state index contributed by atoms with van der Waals surface area (Å²) in [6, 6.07) is 15.6. The second-order valence-corrected chi connectivity index (χ2v) is 7.84. The SMILES string of the molecule is Cc1ccc(Cl)cc1NC(=O)N1CCc2nc(-c3ccccc3)sc2C1. The number of carbonyl (C=O) groups excluding carboxylic acids is 1. The van der Waals surface area contributed by atoms with Gasteiger partial charge >= 0.3 is 6.03 Å². The summed E-state index contributed by atoms with van der Waals surface area (Å²) < 4.78 is 0. The summed E-state index contributed by atoms with van der Waals surface area (Å²) in [6.45, 7) is 3.21. The average Bonchev–Trinajstić information content (AvgIpc) is 3.08. The summed E-state index contributed by atoms with van der Waals surface area (Å²) in [5.41, 5.74) is 3.97. The van der Waals surface area contributed by atoms with Gasteiger partial charge < -0.3 is 10.2 Å². The van der Waals surface area contributed by atoms with Crippen molar-refractivity contribution in [1.29, 1.82) is 0 Å². The first-order valence-electron chi connectivity index (χ1n) is 8.46. The number of hydrogen-bond donors (Lipinski definition) is 1. The Kier molecular flexibility index (Phi) is 4.66. The molecule has 0 saturated carbocycles. The molecule has 0 unspecified atom stereocenters. The Bertz CT molecular complexity index is 955. The van der Waals surface area contributed by atoms with Gasteiger partial charge in [-0.05, 0) is 24.6 Å². The summed E-state index contributed by atoms with van der Waals surface area (Å²) in [6.07, 6.45) is 0.778. The highest BCUT2D eigenvalue weighted by Gasteiger charge is 2.24. The van der Waals surface area contributed by atoms with Crippen LogP contribution in [0.4, 0.5) is 10.5 Å². The predicted octanol–water partition coefficient (Wildman–Crippen LogP) is 5.36. The number of benzene rings is 2. The quantitative estimate of drug-likeness (QED) is 0.647. The minimum Gasteiger partial charge on any atom is -0.319 e. The first-order chi connectivity index (χ1) is 12.6. The molecule has 1 aliphatic heterocycles. The van der Waals surface area contributed by atoms with E-state index in [4.69, 9.17) is 16.6 Å². The number of nitrogens with zero attached hydrogens (tertiary/aromatic N) is 2. The molecule has 0 atom stereocenters. The summed E-state index contributed by atoms with van der Waals surface area (Å²) in [5, 5.41) is 4.61. The van der Waals surface area contributed by atoms with Crippen LogP contribution in [0.1, 0.15) is 16.1 Å². The van der Waals surface area contributed by atoms with Crippen LogP contribution in [0.5, 0.6) is 0 Å². The van der Waals surface area contributed by atoms with Crippen molar-refractivity contribution in [2.75, 3.05) is 11.9 Å². The number of carbonyl (C=O) groups is 1. The fourth-order valence-corrected chi connectivity index (χ4v) is 4.30. The van der Waals surface area contributed by atoms with Gasteiger partial charge in [-0.25, -0.2) is 9.78 Å². The van der Waals surface area contributed by atoms with Crippen molar-refractivity contribution < 1.29 is 4.79 Å². The first kappa shape index (κ1) is 17.1. The number of hydrogen-bond acceptors (Lipinski definition) is 3. The lowest BCUT2D eigenvalue weighted by Crippen LogP contribution is -2.38. The largest absolute Gasteiger partial charge is 0.322 e. The Morgan fingerprint density at radius 1 is 1.23 bits per heavy atom. The van der Waals surface area contributed by atoms with Crippen LogP contribution in [0.25, 0.3) is 10.6 Å². The molecule has 2 aromatic carbocycles. The number of urea groups is 1. The molecule has 0 fully saturated rings. The van der Waals surface area contributed by atoms with E-state index in [2.05, 4.69) is 17.4 Å². The van der Waals surface area contributed by atoms with Gasteiger partial charge in [0.1, 0.15) is 5.01 Å². The van der Waals surface area contributed by atoms with E-state index >= 15 is 0 Å². The molecule has 132 valence electrons. The van der Waals surface area contributed by atoms with Crippen LogP contribution in [0, 0.1) is 6.92 Å². The predicted molar refractivity (Wildman–Crippen MR) is 107 cm³/mol. The molecule has 0 aliphatic carbocycles. The van der Waals surface area contributed by atoms with E-state index in [1.54, 1.807) is 17.4 Å². The number of anilines is 1. The van der Waals surface area contributed by atoms with Crippen molar-refractivity contribution in [1.82, 2.24) is 9.88 Å². The van der Waals surface area contributed by atoms with E-state index in [1.165, 1.54) is 0 Å². The van der Waals surface area contributed by atoms with Crippen molar-refractivity contribution >= 4 is 34.7 Å². The molecule has 6 heteroatoms. The number of fused-ring (bicyclic) bond motifs is 1. The third-order valence-electron chi connectivity index (χ3n) is 4.48. The third kappa shape index (κ3) is 3.45. The lowest BCUT2D eigenvalue weighted by molar-refractivity contribution is 0.207. The van der Waals surface area contributed by atoms with Gasteiger partial charge in [0.15, 0.2) is 0 Å². The Balaban J connectivity index is 1.50. The van der Waals surface area contributed by atoms with E-state index in [9.17, 15) is 4.79 Å². The van der Waals surface area contributed by atoms with Gasteiger partial charge in [-0.1, -0.05) is 48.0 Å². The van der Waals surface area contributed by atoms with E-state index < -0.39 is 0 Å². The van der Waals surface area contributed by atoms with Gasteiger partial charge in [0.05, 0.1) is 12.2 Å². The van der Waals surface area contributed by atoms with Crippen molar-refractivity contribution in [2.45, 2.75) is 19.9 Å². The number of nitrogens with one attached hydrogen (secondary N) is 1.